The molecule has 0 aliphatic heterocycles. The second kappa shape index (κ2) is 20.5. The van der Waals surface area contributed by atoms with Gasteiger partial charge in [0.2, 0.25) is 5.91 Å². The minimum Gasteiger partial charge on any atom is -0.396 e. The Morgan fingerprint density at radius 3 is 1.62 bits per heavy atom. The molecule has 1 amide bonds. The summed E-state index contributed by atoms with van der Waals surface area (Å²) in [6.07, 6.45) is 26.3. The average molecular weight is 368 g/mol. The minimum absolute atomic E-state index is 0.108. The number of aliphatic hydroxyl groups excluding tert-OH is 1. The SMILES string of the molecule is CCCCCCCC/C=C\CCCCCCCCCCC(CO)C(N)=O. The van der Waals surface area contributed by atoms with Crippen LogP contribution in [0.4, 0.5) is 0 Å². The molecular formula is C23H45NO2. The van der Waals surface area contributed by atoms with Crippen molar-refractivity contribution < 1.29 is 9.90 Å². The maximum atomic E-state index is 11.0. The molecule has 0 saturated heterocycles. The summed E-state index contributed by atoms with van der Waals surface area (Å²) in [6.45, 7) is 2.16. The third-order valence-electron chi connectivity index (χ3n) is 5.19. The summed E-state index contributed by atoms with van der Waals surface area (Å²) in [6, 6.07) is 0. The van der Waals surface area contributed by atoms with Crippen LogP contribution in [0.5, 0.6) is 0 Å². The lowest BCUT2D eigenvalue weighted by Crippen LogP contribution is -2.26. The van der Waals surface area contributed by atoms with E-state index >= 15 is 0 Å². The van der Waals surface area contributed by atoms with Crippen molar-refractivity contribution in [3.8, 4) is 0 Å². The van der Waals surface area contributed by atoms with Crippen LogP contribution >= 0.6 is 0 Å². The van der Waals surface area contributed by atoms with E-state index in [0.717, 1.165) is 19.3 Å². The van der Waals surface area contributed by atoms with Crippen molar-refractivity contribution in [1.29, 1.82) is 0 Å². The largest absolute Gasteiger partial charge is 0.396 e. The number of hydrogen-bond donors (Lipinski definition) is 2. The van der Waals surface area contributed by atoms with Gasteiger partial charge in [-0.25, -0.2) is 0 Å². The summed E-state index contributed by atoms with van der Waals surface area (Å²) in [5.41, 5.74) is 5.22. The van der Waals surface area contributed by atoms with Gasteiger partial charge >= 0.3 is 0 Å². The van der Waals surface area contributed by atoms with E-state index in [1.165, 1.54) is 89.9 Å². The molecule has 0 aliphatic rings. The van der Waals surface area contributed by atoms with Crippen LogP contribution in [0.15, 0.2) is 12.2 Å². The first-order valence-electron chi connectivity index (χ1n) is 11.3. The molecular weight excluding hydrogens is 322 g/mol. The monoisotopic (exact) mass is 367 g/mol. The maximum Gasteiger partial charge on any atom is 0.222 e. The van der Waals surface area contributed by atoms with Gasteiger partial charge in [-0.2, -0.15) is 0 Å². The third-order valence-corrected chi connectivity index (χ3v) is 5.19. The van der Waals surface area contributed by atoms with Crippen molar-refractivity contribution in [2.45, 2.75) is 116 Å². The zero-order valence-corrected chi connectivity index (χ0v) is 17.4. The van der Waals surface area contributed by atoms with E-state index in [2.05, 4.69) is 19.1 Å². The van der Waals surface area contributed by atoms with Crippen molar-refractivity contribution in [3.63, 3.8) is 0 Å². The second-order valence-electron chi connectivity index (χ2n) is 7.72. The number of rotatable bonds is 20. The quantitative estimate of drug-likeness (QED) is 0.196. The van der Waals surface area contributed by atoms with E-state index in [9.17, 15) is 4.79 Å². The predicted molar refractivity (Wildman–Crippen MR) is 113 cm³/mol. The minimum atomic E-state index is -0.367. The van der Waals surface area contributed by atoms with Crippen LogP contribution < -0.4 is 5.73 Å². The van der Waals surface area contributed by atoms with Gasteiger partial charge in [0.15, 0.2) is 0 Å². The number of nitrogens with two attached hydrogens (primary N) is 1. The highest BCUT2D eigenvalue weighted by Crippen LogP contribution is 2.14. The highest BCUT2D eigenvalue weighted by atomic mass is 16.3. The first-order valence-corrected chi connectivity index (χ1v) is 11.3. The van der Waals surface area contributed by atoms with Crippen molar-refractivity contribution in [2.24, 2.45) is 11.7 Å². The number of unbranched alkanes of at least 4 members (excludes halogenated alkanes) is 14. The number of carbonyl (C=O) groups is 1. The number of allylic oxidation sites excluding steroid dienone is 2. The van der Waals surface area contributed by atoms with Crippen LogP contribution in [0.2, 0.25) is 0 Å². The Bertz CT molecular complexity index is 328. The fraction of sp³-hybridized carbons (Fsp3) is 0.870. The van der Waals surface area contributed by atoms with E-state index in [1.54, 1.807) is 0 Å². The Balaban J connectivity index is 3.19. The molecule has 3 N–H and O–H groups in total. The van der Waals surface area contributed by atoms with E-state index in [-0.39, 0.29) is 18.4 Å². The molecule has 0 rings (SSSR count). The molecule has 26 heavy (non-hydrogen) atoms. The summed E-state index contributed by atoms with van der Waals surface area (Å²) >= 11 is 0. The predicted octanol–water partition coefficient (Wildman–Crippen LogP) is 6.29. The van der Waals surface area contributed by atoms with Gasteiger partial charge in [-0.05, 0) is 32.1 Å². The second-order valence-corrected chi connectivity index (χ2v) is 7.72. The average Bonchev–Trinajstić information content (AvgIpc) is 2.63. The van der Waals surface area contributed by atoms with Crippen LogP contribution in [0, 0.1) is 5.92 Å². The Hall–Kier alpha value is -0.830. The van der Waals surface area contributed by atoms with E-state index < -0.39 is 0 Å². The highest BCUT2D eigenvalue weighted by molar-refractivity contribution is 5.76. The molecule has 154 valence electrons. The molecule has 3 nitrogen and oxygen atoms in total. The van der Waals surface area contributed by atoms with E-state index in [0.29, 0.717) is 0 Å². The molecule has 1 unspecified atom stereocenters. The fourth-order valence-corrected chi connectivity index (χ4v) is 3.32. The van der Waals surface area contributed by atoms with Gasteiger partial charge in [0.25, 0.3) is 0 Å². The topological polar surface area (TPSA) is 63.3 Å². The first kappa shape index (κ1) is 25.2. The Labute approximate surface area is 162 Å². The molecule has 0 spiro atoms. The van der Waals surface area contributed by atoms with Gasteiger partial charge in [-0.15, -0.1) is 0 Å². The van der Waals surface area contributed by atoms with Gasteiger partial charge in [0, 0.05) is 0 Å². The molecule has 0 aliphatic carbocycles. The van der Waals surface area contributed by atoms with Gasteiger partial charge < -0.3 is 10.8 Å². The van der Waals surface area contributed by atoms with Gasteiger partial charge in [-0.1, -0.05) is 96.1 Å². The number of aliphatic hydroxyl groups is 1. The van der Waals surface area contributed by atoms with Crippen molar-refractivity contribution >= 4 is 5.91 Å². The van der Waals surface area contributed by atoms with Gasteiger partial charge in [0.05, 0.1) is 12.5 Å². The Morgan fingerprint density at radius 2 is 1.19 bits per heavy atom. The fourth-order valence-electron chi connectivity index (χ4n) is 3.32. The maximum absolute atomic E-state index is 11.0. The van der Waals surface area contributed by atoms with Gasteiger partial charge in [0.1, 0.15) is 0 Å². The lowest BCUT2D eigenvalue weighted by atomic mass is 10.00. The van der Waals surface area contributed by atoms with Crippen LogP contribution in [0.25, 0.3) is 0 Å². The van der Waals surface area contributed by atoms with Crippen molar-refractivity contribution in [3.05, 3.63) is 12.2 Å². The molecule has 0 heterocycles. The molecule has 0 bridgehead atoms. The molecule has 0 fully saturated rings. The molecule has 0 aromatic rings. The summed E-state index contributed by atoms with van der Waals surface area (Å²) in [4.78, 5) is 11.0. The number of carbonyl (C=O) groups excluding carboxylic acids is 1. The summed E-state index contributed by atoms with van der Waals surface area (Å²) in [5.74, 6) is -0.711. The van der Waals surface area contributed by atoms with Crippen LogP contribution in [-0.2, 0) is 4.79 Å². The first-order chi connectivity index (χ1) is 12.7. The molecule has 0 saturated carbocycles. The van der Waals surface area contributed by atoms with E-state index in [4.69, 9.17) is 10.8 Å². The lowest BCUT2D eigenvalue weighted by molar-refractivity contribution is -0.123. The van der Waals surface area contributed by atoms with E-state index in [1.807, 2.05) is 0 Å². The summed E-state index contributed by atoms with van der Waals surface area (Å²) in [5, 5.41) is 9.03. The standard InChI is InChI=1S/C23H45NO2/c1-2-3-4-5-6-7-8-9-10-11-12-13-14-15-16-17-18-19-20-22(21-25)23(24)26/h9-10,22,25H,2-8,11-21H2,1H3,(H2,24,26)/b10-9-. The van der Waals surface area contributed by atoms with Gasteiger partial charge in [-0.3, -0.25) is 4.79 Å². The Morgan fingerprint density at radius 1 is 0.769 bits per heavy atom. The molecule has 3 heteroatoms. The van der Waals surface area contributed by atoms with Crippen LogP contribution in [0.3, 0.4) is 0 Å². The molecule has 0 aromatic carbocycles. The highest BCUT2D eigenvalue weighted by Gasteiger charge is 2.12. The zero-order chi connectivity index (χ0) is 19.3. The van der Waals surface area contributed by atoms with Crippen molar-refractivity contribution in [1.82, 2.24) is 0 Å². The summed E-state index contributed by atoms with van der Waals surface area (Å²) in [7, 11) is 0. The smallest absolute Gasteiger partial charge is 0.222 e. The number of amides is 1. The number of primary amides is 1. The van der Waals surface area contributed by atoms with Crippen LogP contribution in [-0.4, -0.2) is 17.6 Å². The lowest BCUT2D eigenvalue weighted by Gasteiger charge is -2.09. The van der Waals surface area contributed by atoms with Crippen LogP contribution in [0.1, 0.15) is 116 Å². The number of hydrogen-bond acceptors (Lipinski definition) is 2. The normalized spacial score (nSPS) is 12.7. The molecule has 0 radical (unpaired) electrons. The Kier molecular flexibility index (Phi) is 19.8. The third kappa shape index (κ3) is 18.0. The zero-order valence-electron chi connectivity index (χ0n) is 17.4. The molecule has 0 aromatic heterocycles. The molecule has 1 atom stereocenters. The van der Waals surface area contributed by atoms with Crippen molar-refractivity contribution in [2.75, 3.05) is 6.61 Å². The summed E-state index contributed by atoms with van der Waals surface area (Å²) < 4.78 is 0.